The molecule has 1 unspecified atom stereocenters. The van der Waals surface area contributed by atoms with Gasteiger partial charge in [0.15, 0.2) is 5.82 Å². The summed E-state index contributed by atoms with van der Waals surface area (Å²) in [5.41, 5.74) is 0. The number of carboxylic acid groups (broad SMARTS) is 1. The Bertz CT molecular complexity index is 486. The van der Waals surface area contributed by atoms with Crippen molar-refractivity contribution in [3.05, 3.63) is 11.8 Å². The molecule has 1 atom stereocenters. The second-order valence-electron chi connectivity index (χ2n) is 5.19. The van der Waals surface area contributed by atoms with Gasteiger partial charge in [-0.3, -0.25) is 14.5 Å². The van der Waals surface area contributed by atoms with Crippen LogP contribution >= 0.6 is 0 Å². The van der Waals surface area contributed by atoms with Gasteiger partial charge in [-0.2, -0.15) is 0 Å². The molecule has 110 valence electrons. The first-order valence-corrected chi connectivity index (χ1v) is 6.70. The molecule has 2 heterocycles. The third kappa shape index (κ3) is 4.34. The average Bonchev–Trinajstić information content (AvgIpc) is 2.96. The number of anilines is 1. The minimum atomic E-state index is -0.761. The summed E-state index contributed by atoms with van der Waals surface area (Å²) in [4.78, 5) is 24.4. The first kappa shape index (κ1) is 14.5. The molecule has 0 radical (unpaired) electrons. The summed E-state index contributed by atoms with van der Waals surface area (Å²) < 4.78 is 4.87. The van der Waals surface area contributed by atoms with Crippen molar-refractivity contribution < 1.29 is 19.2 Å². The maximum Gasteiger partial charge on any atom is 0.303 e. The third-order valence-corrected chi connectivity index (χ3v) is 3.40. The van der Waals surface area contributed by atoms with Gasteiger partial charge in [0.1, 0.15) is 5.76 Å². The summed E-state index contributed by atoms with van der Waals surface area (Å²) in [5, 5.41) is 15.0. The minimum Gasteiger partial charge on any atom is -0.481 e. The minimum absolute atomic E-state index is 0.128. The van der Waals surface area contributed by atoms with E-state index in [0.717, 1.165) is 19.5 Å². The SMILES string of the molecule is Cc1cc(NC(=O)CN2CCC(CCC(=O)O)C2)no1. The molecule has 7 heteroatoms. The largest absolute Gasteiger partial charge is 0.481 e. The Morgan fingerprint density at radius 1 is 1.60 bits per heavy atom. The lowest BCUT2D eigenvalue weighted by molar-refractivity contribution is -0.137. The molecule has 1 amide bonds. The van der Waals surface area contributed by atoms with Crippen LogP contribution in [0.4, 0.5) is 5.82 Å². The Hall–Kier alpha value is -1.89. The number of nitrogens with one attached hydrogen (secondary N) is 1. The highest BCUT2D eigenvalue weighted by atomic mass is 16.5. The van der Waals surface area contributed by atoms with Crippen molar-refractivity contribution in [2.45, 2.75) is 26.2 Å². The molecule has 1 saturated heterocycles. The Kier molecular flexibility index (Phi) is 4.73. The van der Waals surface area contributed by atoms with Crippen molar-refractivity contribution in [1.82, 2.24) is 10.1 Å². The van der Waals surface area contributed by atoms with Crippen molar-refractivity contribution >= 4 is 17.7 Å². The standard InChI is InChI=1S/C13H19N3O4/c1-9-6-11(15-20-9)14-12(17)8-16-5-4-10(7-16)2-3-13(18)19/h6,10H,2-5,7-8H2,1H3,(H,18,19)(H,14,15,17). The molecular formula is C13H19N3O4. The summed E-state index contributed by atoms with van der Waals surface area (Å²) in [5.74, 6) is 0.553. The summed E-state index contributed by atoms with van der Waals surface area (Å²) in [6.45, 7) is 3.67. The molecular weight excluding hydrogens is 262 g/mol. The maximum atomic E-state index is 11.8. The lowest BCUT2D eigenvalue weighted by Gasteiger charge is -2.14. The monoisotopic (exact) mass is 281 g/mol. The van der Waals surface area contributed by atoms with E-state index in [4.69, 9.17) is 9.63 Å². The first-order chi connectivity index (χ1) is 9.52. The number of carbonyl (C=O) groups excluding carboxylic acids is 1. The van der Waals surface area contributed by atoms with Crippen molar-refractivity contribution in [2.75, 3.05) is 25.0 Å². The van der Waals surface area contributed by atoms with E-state index >= 15 is 0 Å². The van der Waals surface area contributed by atoms with Crippen LogP contribution in [0.1, 0.15) is 25.0 Å². The zero-order valence-corrected chi connectivity index (χ0v) is 11.5. The van der Waals surface area contributed by atoms with Gasteiger partial charge in [0, 0.05) is 19.0 Å². The predicted molar refractivity (Wildman–Crippen MR) is 71.3 cm³/mol. The van der Waals surface area contributed by atoms with Crippen LogP contribution in [0.3, 0.4) is 0 Å². The van der Waals surface area contributed by atoms with E-state index in [1.807, 2.05) is 4.90 Å². The van der Waals surface area contributed by atoms with Crippen molar-refractivity contribution in [2.24, 2.45) is 5.92 Å². The van der Waals surface area contributed by atoms with Crippen LogP contribution in [0.2, 0.25) is 0 Å². The molecule has 0 bridgehead atoms. The molecule has 1 fully saturated rings. The lowest BCUT2D eigenvalue weighted by Crippen LogP contribution is -2.31. The Morgan fingerprint density at radius 3 is 3.05 bits per heavy atom. The van der Waals surface area contributed by atoms with Gasteiger partial charge >= 0.3 is 5.97 Å². The van der Waals surface area contributed by atoms with Gasteiger partial charge in [-0.25, -0.2) is 0 Å². The van der Waals surface area contributed by atoms with E-state index in [9.17, 15) is 9.59 Å². The highest BCUT2D eigenvalue weighted by Crippen LogP contribution is 2.20. The van der Waals surface area contributed by atoms with Crippen LogP contribution in [0.25, 0.3) is 0 Å². The molecule has 0 saturated carbocycles. The van der Waals surface area contributed by atoms with Crippen molar-refractivity contribution in [3.8, 4) is 0 Å². The number of aromatic nitrogens is 1. The van der Waals surface area contributed by atoms with E-state index in [-0.39, 0.29) is 12.3 Å². The first-order valence-electron chi connectivity index (χ1n) is 6.70. The summed E-state index contributed by atoms with van der Waals surface area (Å²) >= 11 is 0. The van der Waals surface area contributed by atoms with E-state index in [1.165, 1.54) is 0 Å². The third-order valence-electron chi connectivity index (χ3n) is 3.40. The van der Waals surface area contributed by atoms with Gasteiger partial charge in [-0.1, -0.05) is 5.16 Å². The van der Waals surface area contributed by atoms with Gasteiger partial charge in [0.2, 0.25) is 5.91 Å². The van der Waals surface area contributed by atoms with Crippen LogP contribution < -0.4 is 5.32 Å². The number of hydrogen-bond donors (Lipinski definition) is 2. The number of nitrogens with zero attached hydrogens (tertiary/aromatic N) is 2. The summed E-state index contributed by atoms with van der Waals surface area (Å²) in [7, 11) is 0. The number of rotatable bonds is 6. The summed E-state index contributed by atoms with van der Waals surface area (Å²) in [6.07, 6.45) is 1.82. The molecule has 7 nitrogen and oxygen atoms in total. The molecule has 2 rings (SSSR count). The Labute approximate surface area is 116 Å². The topological polar surface area (TPSA) is 95.7 Å². The normalized spacial score (nSPS) is 19.1. The Balaban J connectivity index is 1.71. The molecule has 1 aromatic heterocycles. The smallest absolute Gasteiger partial charge is 0.303 e. The van der Waals surface area contributed by atoms with Gasteiger partial charge in [0.25, 0.3) is 0 Å². The predicted octanol–water partition coefficient (Wildman–Crippen LogP) is 1.11. The van der Waals surface area contributed by atoms with Gasteiger partial charge < -0.3 is 14.9 Å². The van der Waals surface area contributed by atoms with Crippen LogP contribution in [0.5, 0.6) is 0 Å². The molecule has 0 aromatic carbocycles. The van der Waals surface area contributed by atoms with Crippen molar-refractivity contribution in [3.63, 3.8) is 0 Å². The number of likely N-dealkylation sites (tertiary alicyclic amines) is 1. The highest BCUT2D eigenvalue weighted by Gasteiger charge is 2.24. The zero-order chi connectivity index (χ0) is 14.5. The fraction of sp³-hybridized carbons (Fsp3) is 0.615. The fourth-order valence-corrected chi connectivity index (χ4v) is 2.43. The molecule has 1 aromatic rings. The molecule has 1 aliphatic rings. The quantitative estimate of drug-likeness (QED) is 0.811. The van der Waals surface area contributed by atoms with Crippen LogP contribution in [0, 0.1) is 12.8 Å². The van der Waals surface area contributed by atoms with Gasteiger partial charge in [0.05, 0.1) is 6.54 Å². The van der Waals surface area contributed by atoms with Crippen LogP contribution in [-0.2, 0) is 9.59 Å². The number of carboxylic acids is 1. The summed E-state index contributed by atoms with van der Waals surface area (Å²) in [6, 6.07) is 1.66. The van der Waals surface area contributed by atoms with Gasteiger partial charge in [-0.05, 0) is 32.2 Å². The average molecular weight is 281 g/mol. The number of aryl methyl sites for hydroxylation is 1. The number of hydrogen-bond acceptors (Lipinski definition) is 5. The second kappa shape index (κ2) is 6.51. The number of carbonyl (C=O) groups is 2. The van der Waals surface area contributed by atoms with E-state index in [1.54, 1.807) is 13.0 Å². The second-order valence-corrected chi connectivity index (χ2v) is 5.19. The Morgan fingerprint density at radius 2 is 2.40 bits per heavy atom. The maximum absolute atomic E-state index is 11.8. The molecule has 2 N–H and O–H groups in total. The van der Waals surface area contributed by atoms with Gasteiger partial charge in [-0.15, -0.1) is 0 Å². The van der Waals surface area contributed by atoms with Crippen LogP contribution in [0.15, 0.2) is 10.6 Å². The van der Waals surface area contributed by atoms with E-state index in [2.05, 4.69) is 10.5 Å². The highest BCUT2D eigenvalue weighted by molar-refractivity contribution is 5.91. The fourth-order valence-electron chi connectivity index (χ4n) is 2.43. The van der Waals surface area contributed by atoms with E-state index in [0.29, 0.717) is 30.5 Å². The van der Waals surface area contributed by atoms with Crippen LogP contribution in [-0.4, -0.2) is 46.7 Å². The number of aliphatic carboxylic acids is 1. The molecule has 20 heavy (non-hydrogen) atoms. The zero-order valence-electron chi connectivity index (χ0n) is 11.5. The van der Waals surface area contributed by atoms with E-state index < -0.39 is 5.97 Å². The lowest BCUT2D eigenvalue weighted by atomic mass is 10.0. The van der Waals surface area contributed by atoms with Crippen molar-refractivity contribution in [1.29, 1.82) is 0 Å². The molecule has 0 spiro atoms. The molecule has 1 aliphatic heterocycles. The number of amides is 1. The molecule has 0 aliphatic carbocycles.